The molecule has 0 aliphatic carbocycles. The first kappa shape index (κ1) is 7.69. The normalized spacial score (nSPS) is 9.40. The molecule has 1 nitrogen and oxygen atoms in total. The van der Waals surface area contributed by atoms with E-state index >= 15 is 0 Å². The van der Waals surface area contributed by atoms with Gasteiger partial charge in [0, 0.05) is 7.05 Å². The van der Waals surface area contributed by atoms with Gasteiger partial charge in [0.15, 0.2) is 0 Å². The van der Waals surface area contributed by atoms with Crippen molar-refractivity contribution >= 4 is 33.5 Å². The molecule has 0 bridgehead atoms. The molecule has 1 aromatic rings. The van der Waals surface area contributed by atoms with Crippen LogP contribution in [0.5, 0.6) is 0 Å². The minimum atomic E-state index is 0.905. The summed E-state index contributed by atoms with van der Waals surface area (Å²) < 4.78 is 0. The van der Waals surface area contributed by atoms with Crippen LogP contribution in [0.2, 0.25) is 0 Å². The largest absolute Gasteiger partial charge is 0.331 e. The Morgan fingerprint density at radius 2 is 2.40 bits per heavy atom. The van der Waals surface area contributed by atoms with Crippen molar-refractivity contribution in [3.8, 4) is 0 Å². The Morgan fingerprint density at radius 1 is 1.70 bits per heavy atom. The molecule has 0 aliphatic heterocycles. The lowest BCUT2D eigenvalue weighted by Crippen LogP contribution is -2.19. The molecule has 0 amide bonds. The van der Waals surface area contributed by atoms with Crippen molar-refractivity contribution in [2.24, 2.45) is 0 Å². The highest BCUT2D eigenvalue weighted by Crippen LogP contribution is 2.19. The van der Waals surface area contributed by atoms with E-state index in [9.17, 15) is 0 Å². The van der Waals surface area contributed by atoms with Gasteiger partial charge in [-0.2, -0.15) is 0 Å². The van der Waals surface area contributed by atoms with Crippen molar-refractivity contribution in [1.29, 1.82) is 0 Å². The molecular weight excluding hydrogens is 162 g/mol. The standard InChI is InChI=1S/C7H9NS2/c1-6(9)8(2)7-4-3-5-10-7/h3-5H,1-2H3. The summed E-state index contributed by atoms with van der Waals surface area (Å²) in [6.07, 6.45) is 0. The van der Waals surface area contributed by atoms with E-state index in [-0.39, 0.29) is 0 Å². The van der Waals surface area contributed by atoms with Crippen molar-refractivity contribution in [3.63, 3.8) is 0 Å². The van der Waals surface area contributed by atoms with E-state index in [1.165, 1.54) is 5.00 Å². The van der Waals surface area contributed by atoms with Crippen LogP contribution in [0.4, 0.5) is 5.00 Å². The van der Waals surface area contributed by atoms with E-state index in [2.05, 4.69) is 6.07 Å². The summed E-state index contributed by atoms with van der Waals surface area (Å²) in [6.45, 7) is 1.93. The van der Waals surface area contributed by atoms with Gasteiger partial charge >= 0.3 is 0 Å². The molecule has 0 saturated carbocycles. The summed E-state index contributed by atoms with van der Waals surface area (Å²) >= 11 is 6.70. The summed E-state index contributed by atoms with van der Waals surface area (Å²) in [5.74, 6) is 0. The van der Waals surface area contributed by atoms with E-state index < -0.39 is 0 Å². The summed E-state index contributed by atoms with van der Waals surface area (Å²) in [6, 6.07) is 4.08. The van der Waals surface area contributed by atoms with Gasteiger partial charge in [-0.1, -0.05) is 12.2 Å². The molecule has 0 atom stereocenters. The first-order chi connectivity index (χ1) is 4.72. The molecule has 0 aliphatic rings. The molecule has 0 unspecified atom stereocenters. The zero-order valence-electron chi connectivity index (χ0n) is 6.00. The van der Waals surface area contributed by atoms with Crippen molar-refractivity contribution < 1.29 is 0 Å². The quantitative estimate of drug-likeness (QED) is 0.597. The number of hydrogen-bond acceptors (Lipinski definition) is 2. The molecule has 54 valence electrons. The van der Waals surface area contributed by atoms with E-state index in [4.69, 9.17) is 12.2 Å². The van der Waals surface area contributed by atoms with Gasteiger partial charge in [-0.3, -0.25) is 0 Å². The maximum Gasteiger partial charge on any atom is 0.0954 e. The Balaban J connectivity index is 2.77. The van der Waals surface area contributed by atoms with Gasteiger partial charge in [0.2, 0.25) is 0 Å². The SMILES string of the molecule is CC(=S)N(C)c1cccs1. The highest BCUT2D eigenvalue weighted by molar-refractivity contribution is 7.80. The van der Waals surface area contributed by atoms with Crippen LogP contribution in [0.15, 0.2) is 17.5 Å². The summed E-state index contributed by atoms with van der Waals surface area (Å²) in [4.78, 5) is 2.91. The van der Waals surface area contributed by atoms with Gasteiger partial charge in [-0.25, -0.2) is 0 Å². The third kappa shape index (κ3) is 1.55. The van der Waals surface area contributed by atoms with Crippen LogP contribution in [0.1, 0.15) is 6.92 Å². The molecule has 1 rings (SSSR count). The monoisotopic (exact) mass is 171 g/mol. The molecular formula is C7H9NS2. The van der Waals surface area contributed by atoms with Crippen LogP contribution in [0.3, 0.4) is 0 Å². The Bertz CT molecular complexity index is 216. The number of hydrogen-bond donors (Lipinski definition) is 0. The zero-order valence-corrected chi connectivity index (χ0v) is 7.63. The Labute approximate surface area is 70.3 Å². The fourth-order valence-corrected chi connectivity index (χ4v) is 1.52. The van der Waals surface area contributed by atoms with Crippen molar-refractivity contribution in [2.45, 2.75) is 6.92 Å². The Kier molecular flexibility index (Phi) is 2.40. The Morgan fingerprint density at radius 3 is 2.80 bits per heavy atom. The van der Waals surface area contributed by atoms with Crippen LogP contribution in [0, 0.1) is 0 Å². The second kappa shape index (κ2) is 3.12. The molecule has 0 N–H and O–H groups in total. The first-order valence-corrected chi connectivity index (χ1v) is 4.28. The van der Waals surface area contributed by atoms with Crippen molar-refractivity contribution in [3.05, 3.63) is 17.5 Å². The maximum atomic E-state index is 5.00. The summed E-state index contributed by atoms with van der Waals surface area (Å²) in [7, 11) is 1.98. The van der Waals surface area contributed by atoms with Crippen molar-refractivity contribution in [1.82, 2.24) is 0 Å². The average Bonchev–Trinajstić information content (AvgIpc) is 2.36. The van der Waals surface area contributed by atoms with Crippen LogP contribution < -0.4 is 4.90 Å². The molecule has 0 fully saturated rings. The predicted molar refractivity (Wildman–Crippen MR) is 51.0 cm³/mol. The molecule has 1 heterocycles. The van der Waals surface area contributed by atoms with E-state index in [0.29, 0.717) is 0 Å². The first-order valence-electron chi connectivity index (χ1n) is 2.99. The molecule has 0 radical (unpaired) electrons. The van der Waals surface area contributed by atoms with Gasteiger partial charge in [0.05, 0.1) is 9.99 Å². The topological polar surface area (TPSA) is 3.24 Å². The number of thiocarbonyl (C=S) groups is 1. The number of anilines is 1. The summed E-state index contributed by atoms with van der Waals surface area (Å²) in [5, 5.41) is 3.25. The zero-order chi connectivity index (χ0) is 7.56. The number of rotatable bonds is 1. The molecule has 0 saturated heterocycles. The van der Waals surface area contributed by atoms with Crippen LogP contribution in [-0.2, 0) is 0 Å². The summed E-state index contributed by atoms with van der Waals surface area (Å²) in [5.41, 5.74) is 0. The number of nitrogens with zero attached hydrogens (tertiary/aromatic N) is 1. The fraction of sp³-hybridized carbons (Fsp3) is 0.286. The average molecular weight is 171 g/mol. The molecule has 1 aromatic heterocycles. The lowest BCUT2D eigenvalue weighted by molar-refractivity contribution is 1.32. The highest BCUT2D eigenvalue weighted by Gasteiger charge is 2.00. The Hall–Kier alpha value is -0.410. The second-order valence-electron chi connectivity index (χ2n) is 2.03. The second-order valence-corrected chi connectivity index (χ2v) is 3.55. The van der Waals surface area contributed by atoms with Gasteiger partial charge in [0.25, 0.3) is 0 Å². The van der Waals surface area contributed by atoms with Crippen LogP contribution >= 0.6 is 23.6 Å². The lowest BCUT2D eigenvalue weighted by atomic mass is 10.5. The van der Waals surface area contributed by atoms with Crippen LogP contribution in [0.25, 0.3) is 0 Å². The van der Waals surface area contributed by atoms with E-state index in [0.717, 1.165) is 4.99 Å². The van der Waals surface area contributed by atoms with Crippen LogP contribution in [-0.4, -0.2) is 12.0 Å². The minimum absolute atomic E-state index is 0.905. The van der Waals surface area contributed by atoms with Gasteiger partial charge in [0.1, 0.15) is 0 Å². The fourth-order valence-electron chi connectivity index (χ4n) is 0.616. The minimum Gasteiger partial charge on any atom is -0.331 e. The van der Waals surface area contributed by atoms with E-state index in [1.807, 2.05) is 30.3 Å². The van der Waals surface area contributed by atoms with Gasteiger partial charge < -0.3 is 4.90 Å². The van der Waals surface area contributed by atoms with Crippen molar-refractivity contribution in [2.75, 3.05) is 11.9 Å². The highest BCUT2D eigenvalue weighted by atomic mass is 32.1. The van der Waals surface area contributed by atoms with Gasteiger partial charge in [-0.05, 0) is 24.4 Å². The smallest absolute Gasteiger partial charge is 0.0954 e. The molecule has 0 spiro atoms. The van der Waals surface area contributed by atoms with E-state index in [1.54, 1.807) is 11.3 Å². The lowest BCUT2D eigenvalue weighted by Gasteiger charge is -2.13. The number of thiophene rings is 1. The molecule has 0 aromatic carbocycles. The molecule has 10 heavy (non-hydrogen) atoms. The third-order valence-corrected chi connectivity index (χ3v) is 2.53. The third-order valence-electron chi connectivity index (χ3n) is 1.31. The molecule has 3 heteroatoms. The predicted octanol–water partition coefficient (Wildman–Crippen LogP) is 2.53. The maximum absolute atomic E-state index is 5.00. The van der Waals surface area contributed by atoms with Gasteiger partial charge in [-0.15, -0.1) is 11.3 Å².